The maximum Gasteiger partial charge on any atom is 0.182 e. The van der Waals surface area contributed by atoms with E-state index in [2.05, 4.69) is 26.8 Å². The zero-order chi connectivity index (χ0) is 13.4. The van der Waals surface area contributed by atoms with Gasteiger partial charge in [0.1, 0.15) is 0 Å². The second-order valence-corrected chi connectivity index (χ2v) is 6.33. The molecule has 0 aliphatic rings. The monoisotopic (exact) mass is 233 g/mol. The van der Waals surface area contributed by atoms with Gasteiger partial charge in [-0.1, -0.05) is 32.9 Å². The van der Waals surface area contributed by atoms with Crippen LogP contribution in [-0.4, -0.2) is 11.3 Å². The van der Waals surface area contributed by atoms with Crippen molar-refractivity contribution < 1.29 is 4.79 Å². The molecule has 0 saturated heterocycles. The molecule has 0 unspecified atom stereocenters. The van der Waals surface area contributed by atoms with Gasteiger partial charge in [-0.05, 0) is 43.4 Å². The molecule has 1 aromatic rings. The van der Waals surface area contributed by atoms with Crippen molar-refractivity contribution in [3.05, 3.63) is 34.9 Å². The summed E-state index contributed by atoms with van der Waals surface area (Å²) in [7, 11) is 0. The molecule has 1 aromatic carbocycles. The van der Waals surface area contributed by atoms with Crippen LogP contribution in [0.25, 0.3) is 0 Å². The minimum atomic E-state index is -0.818. The smallest absolute Gasteiger partial charge is 0.182 e. The van der Waals surface area contributed by atoms with Crippen molar-refractivity contribution in [1.82, 2.24) is 0 Å². The highest BCUT2D eigenvalue weighted by molar-refractivity contribution is 6.03. The Balaban J connectivity index is 3.30. The molecule has 0 spiro atoms. The number of ketones is 1. The number of hydrogen-bond acceptors (Lipinski definition) is 2. The number of benzene rings is 1. The highest BCUT2D eigenvalue weighted by Gasteiger charge is 2.26. The van der Waals surface area contributed by atoms with Gasteiger partial charge in [0, 0.05) is 5.56 Å². The molecule has 1 rings (SSSR count). The minimum Gasteiger partial charge on any atom is -0.319 e. The summed E-state index contributed by atoms with van der Waals surface area (Å²) in [6.07, 6.45) is 0. The molecular formula is C15H23NO. The Morgan fingerprint density at radius 2 is 1.65 bits per heavy atom. The number of aryl methyl sites for hydroxylation is 1. The van der Waals surface area contributed by atoms with Gasteiger partial charge in [0.25, 0.3) is 0 Å². The summed E-state index contributed by atoms with van der Waals surface area (Å²) in [6.45, 7) is 11.9. The molecule has 2 nitrogen and oxygen atoms in total. The number of Topliss-reactive ketones (excluding diaryl/α,β-unsaturated/α-hetero) is 1. The molecule has 0 heterocycles. The molecule has 0 bridgehead atoms. The zero-order valence-corrected chi connectivity index (χ0v) is 11.7. The summed E-state index contributed by atoms with van der Waals surface area (Å²) in [5, 5.41) is 0. The second-order valence-electron chi connectivity index (χ2n) is 6.33. The van der Waals surface area contributed by atoms with Crippen molar-refractivity contribution in [3.63, 3.8) is 0 Å². The third-order valence-electron chi connectivity index (χ3n) is 2.93. The van der Waals surface area contributed by atoms with Gasteiger partial charge < -0.3 is 5.73 Å². The Bertz CT molecular complexity index is 433. The summed E-state index contributed by atoms with van der Waals surface area (Å²) >= 11 is 0. The maximum absolute atomic E-state index is 12.2. The predicted octanol–water partition coefficient (Wildman–Crippen LogP) is 3.21. The van der Waals surface area contributed by atoms with Crippen LogP contribution in [0.3, 0.4) is 0 Å². The fourth-order valence-corrected chi connectivity index (χ4v) is 1.68. The van der Waals surface area contributed by atoms with E-state index >= 15 is 0 Å². The SMILES string of the molecule is Cc1ccc(C(C)(C)C)cc1C(=O)C(C)(C)N. The predicted molar refractivity (Wildman–Crippen MR) is 72.5 cm³/mol. The number of carbonyl (C=O) groups is 1. The summed E-state index contributed by atoms with van der Waals surface area (Å²) in [6, 6.07) is 6.06. The summed E-state index contributed by atoms with van der Waals surface area (Å²) in [5.74, 6) is 0.00102. The first-order chi connectivity index (χ1) is 7.53. The fourth-order valence-electron chi connectivity index (χ4n) is 1.68. The lowest BCUT2D eigenvalue weighted by Gasteiger charge is -2.23. The van der Waals surface area contributed by atoms with Crippen LogP contribution in [0.4, 0.5) is 0 Å². The van der Waals surface area contributed by atoms with E-state index in [1.54, 1.807) is 13.8 Å². The van der Waals surface area contributed by atoms with Crippen LogP contribution in [0.1, 0.15) is 56.1 Å². The van der Waals surface area contributed by atoms with Crippen molar-refractivity contribution in [1.29, 1.82) is 0 Å². The van der Waals surface area contributed by atoms with E-state index in [9.17, 15) is 4.79 Å². The van der Waals surface area contributed by atoms with Crippen LogP contribution < -0.4 is 5.73 Å². The molecular weight excluding hydrogens is 210 g/mol. The van der Waals surface area contributed by atoms with Crippen molar-refractivity contribution in [2.24, 2.45) is 5.73 Å². The van der Waals surface area contributed by atoms with Gasteiger partial charge in [0.2, 0.25) is 0 Å². The Labute approximate surface area is 104 Å². The quantitative estimate of drug-likeness (QED) is 0.797. The maximum atomic E-state index is 12.2. The zero-order valence-electron chi connectivity index (χ0n) is 11.7. The van der Waals surface area contributed by atoms with E-state index in [4.69, 9.17) is 5.73 Å². The molecule has 0 fully saturated rings. The third-order valence-corrected chi connectivity index (χ3v) is 2.93. The normalized spacial score (nSPS) is 12.6. The molecule has 2 N–H and O–H groups in total. The molecule has 2 heteroatoms. The fraction of sp³-hybridized carbons (Fsp3) is 0.533. The van der Waals surface area contributed by atoms with Gasteiger partial charge in [0.15, 0.2) is 5.78 Å². The first kappa shape index (κ1) is 13.9. The van der Waals surface area contributed by atoms with Crippen LogP contribution in [0.5, 0.6) is 0 Å². The van der Waals surface area contributed by atoms with Gasteiger partial charge in [-0.25, -0.2) is 0 Å². The summed E-state index contributed by atoms with van der Waals surface area (Å²) in [4.78, 5) is 12.2. The van der Waals surface area contributed by atoms with Crippen molar-refractivity contribution >= 4 is 5.78 Å². The van der Waals surface area contributed by atoms with Gasteiger partial charge >= 0.3 is 0 Å². The van der Waals surface area contributed by atoms with Gasteiger partial charge in [-0.2, -0.15) is 0 Å². The van der Waals surface area contributed by atoms with Gasteiger partial charge in [-0.15, -0.1) is 0 Å². The molecule has 0 aromatic heterocycles. The Morgan fingerprint density at radius 3 is 2.06 bits per heavy atom. The van der Waals surface area contributed by atoms with E-state index in [1.807, 2.05) is 19.1 Å². The largest absolute Gasteiger partial charge is 0.319 e. The second kappa shape index (κ2) is 4.26. The molecule has 94 valence electrons. The average Bonchev–Trinajstić information content (AvgIpc) is 2.14. The topological polar surface area (TPSA) is 43.1 Å². The molecule has 0 atom stereocenters. The highest BCUT2D eigenvalue weighted by atomic mass is 16.1. The molecule has 0 amide bonds. The summed E-state index contributed by atoms with van der Waals surface area (Å²) in [5.41, 5.74) is 8.01. The van der Waals surface area contributed by atoms with E-state index in [0.717, 1.165) is 16.7 Å². The molecule has 0 saturated carbocycles. The standard InChI is InChI=1S/C15H23NO/c1-10-7-8-11(14(2,3)4)9-12(10)13(17)15(5,6)16/h7-9H,16H2,1-6H3. The summed E-state index contributed by atoms with van der Waals surface area (Å²) < 4.78 is 0. The lowest BCUT2D eigenvalue weighted by molar-refractivity contribution is 0.0913. The van der Waals surface area contributed by atoms with Crippen LogP contribution in [-0.2, 0) is 5.41 Å². The number of nitrogens with two attached hydrogens (primary N) is 1. The number of rotatable bonds is 2. The Kier molecular flexibility index (Phi) is 3.49. The average molecular weight is 233 g/mol. The van der Waals surface area contributed by atoms with Crippen molar-refractivity contribution in [3.8, 4) is 0 Å². The first-order valence-electron chi connectivity index (χ1n) is 5.98. The van der Waals surface area contributed by atoms with E-state index in [0.29, 0.717) is 0 Å². The number of hydrogen-bond donors (Lipinski definition) is 1. The van der Waals surface area contributed by atoms with Crippen LogP contribution >= 0.6 is 0 Å². The van der Waals surface area contributed by atoms with Crippen molar-refractivity contribution in [2.75, 3.05) is 0 Å². The Morgan fingerprint density at radius 1 is 1.12 bits per heavy atom. The molecule has 0 aliphatic carbocycles. The van der Waals surface area contributed by atoms with Gasteiger partial charge in [-0.3, -0.25) is 4.79 Å². The van der Waals surface area contributed by atoms with Gasteiger partial charge in [0.05, 0.1) is 5.54 Å². The van der Waals surface area contributed by atoms with Crippen LogP contribution in [0.15, 0.2) is 18.2 Å². The highest BCUT2D eigenvalue weighted by Crippen LogP contribution is 2.25. The Hall–Kier alpha value is -1.15. The lowest BCUT2D eigenvalue weighted by atomic mass is 9.83. The third kappa shape index (κ3) is 3.16. The van der Waals surface area contributed by atoms with E-state index in [-0.39, 0.29) is 11.2 Å². The molecule has 0 radical (unpaired) electrons. The van der Waals surface area contributed by atoms with Crippen LogP contribution in [0, 0.1) is 6.92 Å². The minimum absolute atomic E-state index is 0.00102. The van der Waals surface area contributed by atoms with E-state index < -0.39 is 5.54 Å². The van der Waals surface area contributed by atoms with E-state index in [1.165, 1.54) is 0 Å². The first-order valence-corrected chi connectivity index (χ1v) is 5.98. The van der Waals surface area contributed by atoms with Crippen molar-refractivity contribution in [2.45, 2.75) is 52.5 Å². The number of carbonyl (C=O) groups excluding carboxylic acids is 1. The molecule has 17 heavy (non-hydrogen) atoms. The molecule has 0 aliphatic heterocycles. The van der Waals surface area contributed by atoms with Crippen LogP contribution in [0.2, 0.25) is 0 Å². The lowest BCUT2D eigenvalue weighted by Crippen LogP contribution is -2.41.